The fourth-order valence-electron chi connectivity index (χ4n) is 1.98. The van der Waals surface area contributed by atoms with Gasteiger partial charge in [0.1, 0.15) is 17.6 Å². The molecule has 0 saturated carbocycles. The maximum Gasteiger partial charge on any atom is 0.276 e. The molecule has 0 spiro atoms. The molecule has 2 rings (SSSR count). The van der Waals surface area contributed by atoms with Gasteiger partial charge in [-0.05, 0) is 29.8 Å². The average Bonchev–Trinajstić information content (AvgIpc) is 2.65. The van der Waals surface area contributed by atoms with Crippen molar-refractivity contribution in [3.63, 3.8) is 0 Å². The quantitative estimate of drug-likeness (QED) is 0.774. The summed E-state index contributed by atoms with van der Waals surface area (Å²) in [5.74, 6) is 0.115. The second-order valence-electron chi connectivity index (χ2n) is 5.02. The average molecular weight is 339 g/mol. The second kappa shape index (κ2) is 8.93. The first-order valence-electron chi connectivity index (χ1n) is 7.45. The SMILES string of the molecule is COc1ccc(CC(=O)NNC(=O)COc2ccccc2C#N)cc1. The molecule has 128 valence electrons. The Balaban J connectivity index is 1.75. The predicted octanol–water partition coefficient (Wildman–Crippen LogP) is 1.34. The Labute approximate surface area is 145 Å². The molecule has 0 aliphatic heterocycles. The van der Waals surface area contributed by atoms with Crippen LogP contribution in [0.3, 0.4) is 0 Å². The van der Waals surface area contributed by atoms with Crippen molar-refractivity contribution in [2.45, 2.75) is 6.42 Å². The molecule has 0 aliphatic rings. The number of amides is 2. The number of carbonyl (C=O) groups excluding carboxylic acids is 2. The van der Waals surface area contributed by atoms with E-state index in [1.807, 2.05) is 6.07 Å². The van der Waals surface area contributed by atoms with E-state index in [-0.39, 0.29) is 18.9 Å². The van der Waals surface area contributed by atoms with Gasteiger partial charge < -0.3 is 9.47 Å². The normalized spacial score (nSPS) is 9.60. The maximum atomic E-state index is 11.8. The van der Waals surface area contributed by atoms with Crippen molar-refractivity contribution in [2.24, 2.45) is 0 Å². The number of nitrogens with zero attached hydrogens (tertiary/aromatic N) is 1. The lowest BCUT2D eigenvalue weighted by Gasteiger charge is -2.09. The summed E-state index contributed by atoms with van der Waals surface area (Å²) < 4.78 is 10.3. The number of hydrogen-bond donors (Lipinski definition) is 2. The Hall–Kier alpha value is -3.53. The monoisotopic (exact) mass is 339 g/mol. The Kier molecular flexibility index (Phi) is 6.37. The molecule has 2 amide bonds. The molecule has 0 radical (unpaired) electrons. The molecular weight excluding hydrogens is 322 g/mol. The van der Waals surface area contributed by atoms with E-state index in [0.29, 0.717) is 17.1 Å². The van der Waals surface area contributed by atoms with Crippen LogP contribution in [0.25, 0.3) is 0 Å². The number of methoxy groups -OCH3 is 1. The first-order chi connectivity index (χ1) is 12.1. The summed E-state index contributed by atoms with van der Waals surface area (Å²) in [6, 6.07) is 15.6. The van der Waals surface area contributed by atoms with Crippen molar-refractivity contribution in [1.82, 2.24) is 10.9 Å². The lowest BCUT2D eigenvalue weighted by atomic mass is 10.1. The van der Waals surface area contributed by atoms with E-state index in [0.717, 1.165) is 5.56 Å². The number of para-hydroxylation sites is 1. The van der Waals surface area contributed by atoms with Crippen LogP contribution < -0.4 is 20.3 Å². The van der Waals surface area contributed by atoms with Crippen LogP contribution in [-0.2, 0) is 16.0 Å². The molecule has 0 fully saturated rings. The van der Waals surface area contributed by atoms with E-state index in [2.05, 4.69) is 10.9 Å². The van der Waals surface area contributed by atoms with Gasteiger partial charge in [-0.2, -0.15) is 5.26 Å². The third-order valence-corrected chi connectivity index (χ3v) is 3.23. The van der Waals surface area contributed by atoms with Crippen LogP contribution >= 0.6 is 0 Å². The van der Waals surface area contributed by atoms with E-state index < -0.39 is 5.91 Å². The Bertz CT molecular complexity index is 782. The van der Waals surface area contributed by atoms with Gasteiger partial charge >= 0.3 is 0 Å². The summed E-state index contributed by atoms with van der Waals surface area (Å²) in [5, 5.41) is 8.94. The van der Waals surface area contributed by atoms with E-state index in [4.69, 9.17) is 14.7 Å². The third kappa shape index (κ3) is 5.55. The molecule has 0 saturated heterocycles. The van der Waals surface area contributed by atoms with Crippen LogP contribution in [0.15, 0.2) is 48.5 Å². The van der Waals surface area contributed by atoms with E-state index in [1.165, 1.54) is 0 Å². The van der Waals surface area contributed by atoms with E-state index in [9.17, 15) is 9.59 Å². The van der Waals surface area contributed by atoms with Crippen LogP contribution in [0.2, 0.25) is 0 Å². The lowest BCUT2D eigenvalue weighted by molar-refractivity contribution is -0.129. The van der Waals surface area contributed by atoms with Gasteiger partial charge in [0.2, 0.25) is 5.91 Å². The molecule has 2 aromatic rings. The molecule has 0 unspecified atom stereocenters. The van der Waals surface area contributed by atoms with Gasteiger partial charge in [-0.25, -0.2) is 0 Å². The smallest absolute Gasteiger partial charge is 0.276 e. The number of ether oxygens (including phenoxy) is 2. The summed E-state index contributed by atoms with van der Waals surface area (Å²) in [7, 11) is 1.56. The van der Waals surface area contributed by atoms with Gasteiger partial charge in [0.15, 0.2) is 6.61 Å². The second-order valence-corrected chi connectivity index (χ2v) is 5.02. The van der Waals surface area contributed by atoms with Crippen molar-refractivity contribution in [1.29, 1.82) is 5.26 Å². The number of rotatable bonds is 6. The van der Waals surface area contributed by atoms with Crippen LogP contribution in [0.5, 0.6) is 11.5 Å². The molecule has 25 heavy (non-hydrogen) atoms. The van der Waals surface area contributed by atoms with Crippen molar-refractivity contribution >= 4 is 11.8 Å². The highest BCUT2D eigenvalue weighted by molar-refractivity contribution is 5.83. The fraction of sp³-hybridized carbons (Fsp3) is 0.167. The summed E-state index contributed by atoms with van der Waals surface area (Å²) in [6.45, 7) is -0.318. The summed E-state index contributed by atoms with van der Waals surface area (Å²) >= 11 is 0. The first kappa shape index (κ1) is 17.8. The van der Waals surface area contributed by atoms with Crippen LogP contribution in [0, 0.1) is 11.3 Å². The molecule has 0 atom stereocenters. The van der Waals surface area contributed by atoms with Crippen LogP contribution in [-0.4, -0.2) is 25.5 Å². The van der Waals surface area contributed by atoms with Gasteiger partial charge in [0.05, 0.1) is 19.1 Å². The Morgan fingerprint density at radius 1 is 1.04 bits per heavy atom. The summed E-state index contributed by atoms with van der Waals surface area (Å²) in [4.78, 5) is 23.5. The van der Waals surface area contributed by atoms with Gasteiger partial charge in [-0.15, -0.1) is 0 Å². The minimum absolute atomic E-state index is 0.113. The largest absolute Gasteiger partial charge is 0.497 e. The van der Waals surface area contributed by atoms with Crippen molar-refractivity contribution < 1.29 is 19.1 Å². The maximum absolute atomic E-state index is 11.8. The number of benzene rings is 2. The minimum atomic E-state index is -0.532. The van der Waals surface area contributed by atoms with Gasteiger partial charge in [-0.1, -0.05) is 24.3 Å². The molecular formula is C18H17N3O4. The third-order valence-electron chi connectivity index (χ3n) is 3.23. The zero-order valence-electron chi connectivity index (χ0n) is 13.6. The number of nitrogens with one attached hydrogen (secondary N) is 2. The highest BCUT2D eigenvalue weighted by Crippen LogP contribution is 2.16. The zero-order chi connectivity index (χ0) is 18.1. The Morgan fingerprint density at radius 2 is 1.72 bits per heavy atom. The molecule has 0 bridgehead atoms. The topological polar surface area (TPSA) is 100 Å². The van der Waals surface area contributed by atoms with Crippen LogP contribution in [0.1, 0.15) is 11.1 Å². The van der Waals surface area contributed by atoms with Crippen molar-refractivity contribution in [2.75, 3.05) is 13.7 Å². The molecule has 7 heteroatoms. The molecule has 0 aliphatic carbocycles. The Morgan fingerprint density at radius 3 is 2.40 bits per heavy atom. The zero-order valence-corrected chi connectivity index (χ0v) is 13.6. The molecule has 0 heterocycles. The molecule has 0 aromatic heterocycles. The minimum Gasteiger partial charge on any atom is -0.497 e. The number of nitriles is 1. The summed E-state index contributed by atoms with van der Waals surface area (Å²) in [6.07, 6.45) is 0.113. The van der Waals surface area contributed by atoms with Gasteiger partial charge in [0, 0.05) is 0 Å². The van der Waals surface area contributed by atoms with Gasteiger partial charge in [0.25, 0.3) is 5.91 Å². The standard InChI is InChI=1S/C18H17N3O4/c1-24-15-8-6-13(7-9-15)10-17(22)20-21-18(23)12-25-16-5-3-2-4-14(16)11-19/h2-9H,10,12H2,1H3,(H,20,22)(H,21,23). The van der Waals surface area contributed by atoms with Crippen LogP contribution in [0.4, 0.5) is 0 Å². The van der Waals surface area contributed by atoms with E-state index >= 15 is 0 Å². The highest BCUT2D eigenvalue weighted by atomic mass is 16.5. The molecule has 2 N–H and O–H groups in total. The molecule has 7 nitrogen and oxygen atoms in total. The van der Waals surface area contributed by atoms with Crippen molar-refractivity contribution in [3.8, 4) is 17.6 Å². The summed E-state index contributed by atoms with van der Waals surface area (Å²) in [5.41, 5.74) is 5.69. The van der Waals surface area contributed by atoms with Gasteiger partial charge in [-0.3, -0.25) is 20.4 Å². The predicted molar refractivity (Wildman–Crippen MR) is 89.6 cm³/mol. The lowest BCUT2D eigenvalue weighted by Crippen LogP contribution is -2.44. The van der Waals surface area contributed by atoms with E-state index in [1.54, 1.807) is 55.6 Å². The number of carbonyl (C=O) groups is 2. The fourth-order valence-corrected chi connectivity index (χ4v) is 1.98. The first-order valence-corrected chi connectivity index (χ1v) is 7.45. The molecule has 2 aromatic carbocycles. The highest BCUT2D eigenvalue weighted by Gasteiger charge is 2.08. The number of hydrogen-bond acceptors (Lipinski definition) is 5. The van der Waals surface area contributed by atoms with Crippen molar-refractivity contribution in [3.05, 3.63) is 59.7 Å². The number of hydrazine groups is 1.